The molecule has 1 saturated heterocycles. The van der Waals surface area contributed by atoms with Crippen LogP contribution in [-0.4, -0.2) is 64.2 Å². The number of aromatic nitrogens is 3. The number of aryl methyl sites for hydroxylation is 1. The van der Waals surface area contributed by atoms with E-state index in [2.05, 4.69) is 20.7 Å². The number of para-hydroxylation sites is 1. The number of nitrogens with zero attached hydrogens (tertiary/aromatic N) is 5. The molecule has 10 nitrogen and oxygen atoms in total. The van der Waals surface area contributed by atoms with Gasteiger partial charge in [-0.05, 0) is 32.9 Å². The van der Waals surface area contributed by atoms with Crippen LogP contribution in [0.15, 0.2) is 29.9 Å². The van der Waals surface area contributed by atoms with Crippen LogP contribution in [0.2, 0.25) is 0 Å². The van der Waals surface area contributed by atoms with Crippen molar-refractivity contribution in [2.75, 3.05) is 34.8 Å². The van der Waals surface area contributed by atoms with Crippen molar-refractivity contribution in [1.82, 2.24) is 20.1 Å². The lowest BCUT2D eigenvalue weighted by atomic mass is 10.2. The van der Waals surface area contributed by atoms with Crippen molar-refractivity contribution in [1.29, 1.82) is 0 Å². The molecular formula is C24H26F5N7O3S. The summed E-state index contributed by atoms with van der Waals surface area (Å²) in [5.41, 5.74) is -0.908. The van der Waals surface area contributed by atoms with Gasteiger partial charge in [0.1, 0.15) is 39.7 Å². The van der Waals surface area contributed by atoms with Crippen LogP contribution in [0, 0.1) is 11.6 Å². The van der Waals surface area contributed by atoms with Crippen LogP contribution in [0.1, 0.15) is 31.3 Å². The summed E-state index contributed by atoms with van der Waals surface area (Å²) in [6.45, 7) is 4.50. The monoisotopic (exact) mass is 587 g/mol. The van der Waals surface area contributed by atoms with E-state index < -0.39 is 53.7 Å². The molecule has 3 heterocycles. The highest BCUT2D eigenvalue weighted by Crippen LogP contribution is 2.38. The molecule has 2 aromatic heterocycles. The molecule has 1 aromatic carbocycles. The van der Waals surface area contributed by atoms with Gasteiger partial charge in [0.25, 0.3) is 5.91 Å². The molecule has 2 N–H and O–H groups in total. The molecule has 0 radical (unpaired) electrons. The third-order valence-electron chi connectivity index (χ3n) is 5.73. The molecule has 0 unspecified atom stereocenters. The maximum Gasteiger partial charge on any atom is 0.420 e. The van der Waals surface area contributed by atoms with Gasteiger partial charge in [-0.1, -0.05) is 6.07 Å². The minimum atomic E-state index is -4.48. The molecule has 0 saturated carbocycles. The maximum absolute atomic E-state index is 14.8. The summed E-state index contributed by atoms with van der Waals surface area (Å²) in [5, 5.41) is 8.81. The molecule has 1 atom stereocenters. The highest BCUT2D eigenvalue weighted by atomic mass is 32.1. The van der Waals surface area contributed by atoms with Crippen molar-refractivity contribution in [3.05, 3.63) is 47.2 Å². The Kier molecular flexibility index (Phi) is 8.03. The van der Waals surface area contributed by atoms with E-state index in [0.29, 0.717) is 4.90 Å². The number of nitrogens with one attached hydrogen (secondary N) is 2. The second-order valence-electron chi connectivity index (χ2n) is 9.85. The summed E-state index contributed by atoms with van der Waals surface area (Å²) in [4.78, 5) is 32.6. The quantitative estimate of drug-likeness (QED) is 0.413. The number of piperazine rings is 1. The maximum atomic E-state index is 14.8. The van der Waals surface area contributed by atoms with Gasteiger partial charge in [0, 0.05) is 26.7 Å². The SMILES string of the molecule is Cn1ncc(NC(=O)c2ncsc2N(C(=O)OC(C)(C)C)c2c(F)cccc2F)c1N1CCN[C@@H](C(F)(F)F)C1. The predicted molar refractivity (Wildman–Crippen MR) is 138 cm³/mol. The molecule has 1 aliphatic rings. The number of carbonyl (C=O) groups is 2. The Morgan fingerprint density at radius 2 is 1.88 bits per heavy atom. The van der Waals surface area contributed by atoms with Crippen LogP contribution < -0.4 is 20.4 Å². The first-order valence-electron chi connectivity index (χ1n) is 12.0. The Morgan fingerprint density at radius 3 is 2.50 bits per heavy atom. The largest absolute Gasteiger partial charge is 0.443 e. The summed E-state index contributed by atoms with van der Waals surface area (Å²) < 4.78 is 76.4. The number of benzene rings is 1. The van der Waals surface area contributed by atoms with E-state index in [4.69, 9.17) is 4.74 Å². The van der Waals surface area contributed by atoms with Crippen molar-refractivity contribution in [2.45, 2.75) is 38.6 Å². The van der Waals surface area contributed by atoms with E-state index in [1.807, 2.05) is 0 Å². The third-order valence-corrected chi connectivity index (χ3v) is 6.54. The minimum absolute atomic E-state index is 0.0397. The van der Waals surface area contributed by atoms with E-state index in [1.54, 1.807) is 20.8 Å². The number of hydrogen-bond donors (Lipinski definition) is 2. The zero-order chi connectivity index (χ0) is 29.4. The van der Waals surface area contributed by atoms with Gasteiger partial charge in [0.2, 0.25) is 0 Å². The van der Waals surface area contributed by atoms with Gasteiger partial charge in [-0.15, -0.1) is 11.3 Å². The van der Waals surface area contributed by atoms with Crippen LogP contribution in [0.4, 0.5) is 48.9 Å². The Labute approximate surface area is 229 Å². The van der Waals surface area contributed by atoms with Crippen LogP contribution in [-0.2, 0) is 11.8 Å². The fourth-order valence-corrected chi connectivity index (χ4v) is 4.86. The standard InChI is InChI=1S/C24H26F5N7O3S/c1-23(2,3)39-22(38)36(18-13(25)6-5-7-14(18)26)21-17(31-12-40-21)19(37)33-15-10-32-34(4)20(15)35-9-8-30-16(11-35)24(27,28)29/h5-7,10,12,16,30H,8-9,11H2,1-4H3,(H,33,37)/t16-/m1/s1. The van der Waals surface area contributed by atoms with Gasteiger partial charge in [-0.2, -0.15) is 18.3 Å². The number of halogens is 5. The molecule has 1 aliphatic heterocycles. The fraction of sp³-hybridized carbons (Fsp3) is 0.417. The van der Waals surface area contributed by atoms with Crippen molar-refractivity contribution < 1.29 is 36.3 Å². The molecular weight excluding hydrogens is 561 g/mol. The molecule has 0 spiro atoms. The van der Waals surface area contributed by atoms with Crippen molar-refractivity contribution >= 4 is 45.5 Å². The average molecular weight is 588 g/mol. The molecule has 3 aromatic rings. The topological polar surface area (TPSA) is 105 Å². The van der Waals surface area contributed by atoms with Crippen LogP contribution in [0.25, 0.3) is 0 Å². The Bertz CT molecular complexity index is 1380. The van der Waals surface area contributed by atoms with E-state index in [-0.39, 0.29) is 35.3 Å². The van der Waals surface area contributed by atoms with Crippen molar-refractivity contribution in [3.63, 3.8) is 0 Å². The Balaban J connectivity index is 1.68. The van der Waals surface area contributed by atoms with Gasteiger partial charge in [0.15, 0.2) is 11.5 Å². The summed E-state index contributed by atoms with van der Waals surface area (Å²) in [6, 6.07) is 1.22. The van der Waals surface area contributed by atoms with Crippen LogP contribution in [0.5, 0.6) is 0 Å². The van der Waals surface area contributed by atoms with Gasteiger partial charge < -0.3 is 20.3 Å². The highest BCUT2D eigenvalue weighted by Gasteiger charge is 2.43. The summed E-state index contributed by atoms with van der Waals surface area (Å²) in [7, 11) is 1.51. The average Bonchev–Trinajstić information content (AvgIpc) is 3.46. The summed E-state index contributed by atoms with van der Waals surface area (Å²) in [6.07, 6.45) is -4.38. The lowest BCUT2D eigenvalue weighted by molar-refractivity contribution is -0.155. The lowest BCUT2D eigenvalue weighted by Crippen LogP contribution is -2.57. The smallest absolute Gasteiger partial charge is 0.420 e. The van der Waals surface area contributed by atoms with Crippen molar-refractivity contribution in [2.24, 2.45) is 7.05 Å². The second kappa shape index (κ2) is 11.0. The first kappa shape index (κ1) is 29.2. The summed E-state index contributed by atoms with van der Waals surface area (Å²) in [5.74, 6) is -2.85. The van der Waals surface area contributed by atoms with Gasteiger partial charge >= 0.3 is 12.3 Å². The molecule has 4 rings (SSSR count). The molecule has 216 valence electrons. The van der Waals surface area contributed by atoms with Gasteiger partial charge in [-0.3, -0.25) is 9.48 Å². The predicted octanol–water partition coefficient (Wildman–Crippen LogP) is 4.82. The molecule has 0 aliphatic carbocycles. The van der Waals surface area contributed by atoms with Crippen LogP contribution in [0.3, 0.4) is 0 Å². The molecule has 16 heteroatoms. The number of anilines is 4. The van der Waals surface area contributed by atoms with Crippen LogP contribution >= 0.6 is 11.3 Å². The zero-order valence-electron chi connectivity index (χ0n) is 21.8. The molecule has 40 heavy (non-hydrogen) atoms. The lowest BCUT2D eigenvalue weighted by Gasteiger charge is -2.36. The molecule has 0 bridgehead atoms. The number of ether oxygens (including phenoxy) is 1. The molecule has 2 amide bonds. The zero-order valence-corrected chi connectivity index (χ0v) is 22.7. The fourth-order valence-electron chi connectivity index (χ4n) is 4.08. The number of amides is 2. The Hall–Kier alpha value is -3.79. The van der Waals surface area contributed by atoms with E-state index in [0.717, 1.165) is 29.5 Å². The molecule has 1 fully saturated rings. The highest BCUT2D eigenvalue weighted by molar-refractivity contribution is 7.14. The number of hydrogen-bond acceptors (Lipinski definition) is 8. The van der Waals surface area contributed by atoms with E-state index >= 15 is 0 Å². The normalized spacial score (nSPS) is 16.1. The first-order chi connectivity index (χ1) is 18.7. The number of alkyl halides is 3. The van der Waals surface area contributed by atoms with Crippen molar-refractivity contribution in [3.8, 4) is 0 Å². The minimum Gasteiger partial charge on any atom is -0.443 e. The van der Waals surface area contributed by atoms with E-state index in [9.17, 15) is 31.5 Å². The third kappa shape index (κ3) is 6.17. The number of thiazole rings is 1. The summed E-state index contributed by atoms with van der Waals surface area (Å²) >= 11 is 0.759. The second-order valence-corrected chi connectivity index (χ2v) is 10.7. The van der Waals surface area contributed by atoms with Gasteiger partial charge in [-0.25, -0.2) is 23.5 Å². The number of carbonyl (C=O) groups excluding carboxylic acids is 2. The van der Waals surface area contributed by atoms with Gasteiger partial charge in [0.05, 0.1) is 11.7 Å². The first-order valence-corrected chi connectivity index (χ1v) is 12.8. The Morgan fingerprint density at radius 1 is 1.20 bits per heavy atom. The number of rotatable bonds is 5. The van der Waals surface area contributed by atoms with E-state index in [1.165, 1.54) is 28.3 Å².